The molecule has 2 amide bonds. The van der Waals surface area contributed by atoms with Gasteiger partial charge in [0.15, 0.2) is 0 Å². The molecule has 1 aromatic carbocycles. The van der Waals surface area contributed by atoms with E-state index < -0.39 is 0 Å². The lowest BCUT2D eigenvalue weighted by molar-refractivity contribution is 0.218. The second-order valence-electron chi connectivity index (χ2n) is 6.55. The number of nitrogens with zero attached hydrogens (tertiary/aromatic N) is 4. The summed E-state index contributed by atoms with van der Waals surface area (Å²) in [4.78, 5) is 16.5. The zero-order chi connectivity index (χ0) is 18.1. The van der Waals surface area contributed by atoms with E-state index in [1.165, 1.54) is 0 Å². The molecular formula is C19H21N5O2. The summed E-state index contributed by atoms with van der Waals surface area (Å²) >= 11 is 0. The van der Waals surface area contributed by atoms with Crippen molar-refractivity contribution in [2.24, 2.45) is 0 Å². The largest absolute Gasteiger partial charge is 0.361 e. The highest BCUT2D eigenvalue weighted by Gasteiger charge is 2.32. The first-order valence-electron chi connectivity index (χ1n) is 8.68. The third-order valence-electron chi connectivity index (χ3n) is 4.83. The molecular weight excluding hydrogens is 330 g/mol. The minimum atomic E-state index is 0.00951. The average molecular weight is 351 g/mol. The lowest BCUT2D eigenvalue weighted by atomic mass is 10.1. The van der Waals surface area contributed by atoms with Crippen molar-refractivity contribution in [1.29, 1.82) is 0 Å². The number of nitrogens with one attached hydrogen (secondary N) is 1. The minimum Gasteiger partial charge on any atom is -0.361 e. The molecule has 26 heavy (non-hydrogen) atoms. The van der Waals surface area contributed by atoms with Crippen molar-refractivity contribution in [1.82, 2.24) is 20.3 Å². The first-order valence-corrected chi connectivity index (χ1v) is 8.68. The number of hydrogen-bond donors (Lipinski definition) is 1. The Morgan fingerprint density at radius 3 is 2.73 bits per heavy atom. The van der Waals surface area contributed by atoms with E-state index >= 15 is 0 Å². The molecule has 1 aliphatic heterocycles. The second-order valence-corrected chi connectivity index (χ2v) is 6.55. The van der Waals surface area contributed by atoms with E-state index in [0.717, 1.165) is 34.0 Å². The molecule has 7 heteroatoms. The number of amides is 2. The smallest absolute Gasteiger partial charge is 0.325 e. The third-order valence-corrected chi connectivity index (χ3v) is 4.83. The molecule has 0 unspecified atom stereocenters. The fraction of sp³-hybridized carbons (Fsp3) is 0.316. The Morgan fingerprint density at radius 2 is 2.00 bits per heavy atom. The third kappa shape index (κ3) is 2.96. The normalized spacial score (nSPS) is 14.5. The van der Waals surface area contributed by atoms with Crippen LogP contribution in [0.4, 0.5) is 10.5 Å². The lowest BCUT2D eigenvalue weighted by Crippen LogP contribution is -2.31. The molecule has 3 aromatic rings. The molecule has 1 N–H and O–H groups in total. The van der Waals surface area contributed by atoms with Crippen molar-refractivity contribution in [3.63, 3.8) is 0 Å². The molecule has 0 spiro atoms. The highest BCUT2D eigenvalue weighted by atomic mass is 16.5. The Kier molecular flexibility index (Phi) is 4.20. The summed E-state index contributed by atoms with van der Waals surface area (Å²) in [5.41, 5.74) is 4.75. The molecule has 0 radical (unpaired) electrons. The predicted molar refractivity (Wildman–Crippen MR) is 97.0 cm³/mol. The van der Waals surface area contributed by atoms with Crippen molar-refractivity contribution in [2.75, 3.05) is 18.0 Å². The van der Waals surface area contributed by atoms with E-state index in [9.17, 15) is 4.79 Å². The maximum absolute atomic E-state index is 12.9. The topological polar surface area (TPSA) is 78.3 Å². The van der Waals surface area contributed by atoms with Gasteiger partial charge in [-0.2, -0.15) is 5.10 Å². The van der Waals surface area contributed by atoms with Crippen LogP contribution in [0, 0.1) is 13.8 Å². The number of carbonyl (C=O) groups excluding carboxylic acids is 1. The fourth-order valence-corrected chi connectivity index (χ4v) is 3.36. The molecule has 0 bridgehead atoms. The fourth-order valence-electron chi connectivity index (χ4n) is 3.36. The standard InChI is InChI=1S/C19H21N5O2/c1-13-16(14(2)26-22-13)10-17-18(11-20-21-17)24-9-8-23(19(24)25)12-15-6-4-3-5-7-15/h3-7,11H,8-10,12H2,1-2H3,(H,20,21). The Morgan fingerprint density at radius 1 is 1.19 bits per heavy atom. The molecule has 4 rings (SSSR count). The van der Waals surface area contributed by atoms with Crippen LogP contribution in [0.2, 0.25) is 0 Å². The van der Waals surface area contributed by atoms with E-state index in [2.05, 4.69) is 15.4 Å². The van der Waals surface area contributed by atoms with Gasteiger partial charge in [0.05, 0.1) is 23.3 Å². The molecule has 3 heterocycles. The molecule has 2 aromatic heterocycles. The first kappa shape index (κ1) is 16.4. The van der Waals surface area contributed by atoms with Gasteiger partial charge >= 0.3 is 6.03 Å². The number of H-pyrrole nitrogens is 1. The van der Waals surface area contributed by atoms with E-state index in [1.807, 2.05) is 49.1 Å². The van der Waals surface area contributed by atoms with Gasteiger partial charge < -0.3 is 9.42 Å². The van der Waals surface area contributed by atoms with Crippen LogP contribution in [0.25, 0.3) is 0 Å². The van der Waals surface area contributed by atoms with Crippen LogP contribution in [-0.2, 0) is 13.0 Å². The number of aromatic nitrogens is 3. The van der Waals surface area contributed by atoms with Crippen molar-refractivity contribution in [3.05, 3.63) is 64.8 Å². The quantitative estimate of drug-likeness (QED) is 0.766. The molecule has 1 fully saturated rings. The van der Waals surface area contributed by atoms with Gasteiger partial charge in [0.1, 0.15) is 5.76 Å². The Hall–Kier alpha value is -3.09. The zero-order valence-electron chi connectivity index (χ0n) is 14.9. The summed E-state index contributed by atoms with van der Waals surface area (Å²) in [5.74, 6) is 0.793. The average Bonchev–Trinajstić information content (AvgIpc) is 3.33. The van der Waals surface area contributed by atoms with Crippen LogP contribution in [0.1, 0.15) is 28.3 Å². The summed E-state index contributed by atoms with van der Waals surface area (Å²) in [5, 5.41) is 11.2. The van der Waals surface area contributed by atoms with Gasteiger partial charge in [-0.15, -0.1) is 0 Å². The van der Waals surface area contributed by atoms with Gasteiger partial charge in [-0.3, -0.25) is 10.00 Å². The number of anilines is 1. The summed E-state index contributed by atoms with van der Waals surface area (Å²) in [6, 6.07) is 10.0. The molecule has 0 atom stereocenters. The molecule has 1 aliphatic rings. The van der Waals surface area contributed by atoms with E-state index in [4.69, 9.17) is 4.52 Å². The highest BCUT2D eigenvalue weighted by molar-refractivity contribution is 5.94. The van der Waals surface area contributed by atoms with Crippen molar-refractivity contribution >= 4 is 11.7 Å². The van der Waals surface area contributed by atoms with Crippen LogP contribution >= 0.6 is 0 Å². The second kappa shape index (κ2) is 6.67. The van der Waals surface area contributed by atoms with Crippen molar-refractivity contribution in [2.45, 2.75) is 26.8 Å². The van der Waals surface area contributed by atoms with Crippen LogP contribution in [0.5, 0.6) is 0 Å². The van der Waals surface area contributed by atoms with Gasteiger partial charge in [-0.05, 0) is 19.4 Å². The zero-order valence-corrected chi connectivity index (χ0v) is 14.9. The summed E-state index contributed by atoms with van der Waals surface area (Å²) < 4.78 is 5.24. The first-order chi connectivity index (χ1) is 12.6. The summed E-state index contributed by atoms with van der Waals surface area (Å²) in [6.07, 6.45) is 2.33. The minimum absolute atomic E-state index is 0.00951. The molecule has 0 saturated carbocycles. The SMILES string of the molecule is Cc1noc(C)c1Cc1[nH]ncc1N1CCN(Cc2ccccc2)C1=O. The van der Waals surface area contributed by atoms with Gasteiger partial charge in [0, 0.05) is 31.6 Å². The number of rotatable bonds is 5. The van der Waals surface area contributed by atoms with E-state index in [-0.39, 0.29) is 6.03 Å². The number of aromatic amines is 1. The number of hydrogen-bond acceptors (Lipinski definition) is 4. The van der Waals surface area contributed by atoms with Gasteiger partial charge in [0.25, 0.3) is 0 Å². The maximum Gasteiger partial charge on any atom is 0.325 e. The van der Waals surface area contributed by atoms with Crippen molar-refractivity contribution in [3.8, 4) is 0 Å². The number of benzene rings is 1. The molecule has 1 saturated heterocycles. The highest BCUT2D eigenvalue weighted by Crippen LogP contribution is 2.27. The summed E-state index contributed by atoms with van der Waals surface area (Å²) in [6.45, 7) is 5.79. The Labute approximate surface area is 151 Å². The van der Waals surface area contributed by atoms with Crippen molar-refractivity contribution < 1.29 is 9.32 Å². The van der Waals surface area contributed by atoms with Gasteiger partial charge in [-0.1, -0.05) is 35.5 Å². The number of carbonyl (C=O) groups is 1. The molecule has 0 aliphatic carbocycles. The monoisotopic (exact) mass is 351 g/mol. The Balaban J connectivity index is 1.52. The Bertz CT molecular complexity index is 896. The van der Waals surface area contributed by atoms with Crippen LogP contribution < -0.4 is 4.90 Å². The van der Waals surface area contributed by atoms with E-state index in [1.54, 1.807) is 11.1 Å². The van der Waals surface area contributed by atoms with Crippen LogP contribution in [-0.4, -0.2) is 39.4 Å². The maximum atomic E-state index is 12.9. The van der Waals surface area contributed by atoms with Crippen LogP contribution in [0.15, 0.2) is 41.1 Å². The lowest BCUT2D eigenvalue weighted by Gasteiger charge is -2.18. The van der Waals surface area contributed by atoms with Gasteiger partial charge in [0.2, 0.25) is 0 Å². The predicted octanol–water partition coefficient (Wildman–Crippen LogP) is 3.05. The van der Waals surface area contributed by atoms with Crippen LogP contribution in [0.3, 0.4) is 0 Å². The number of urea groups is 1. The number of aryl methyl sites for hydroxylation is 2. The van der Waals surface area contributed by atoms with E-state index in [0.29, 0.717) is 26.1 Å². The summed E-state index contributed by atoms with van der Waals surface area (Å²) in [7, 11) is 0. The molecule has 7 nitrogen and oxygen atoms in total. The molecule has 134 valence electrons. The van der Waals surface area contributed by atoms with Gasteiger partial charge in [-0.25, -0.2) is 4.79 Å².